The van der Waals surface area contributed by atoms with Crippen molar-refractivity contribution in [3.63, 3.8) is 0 Å². The highest BCUT2D eigenvalue weighted by atomic mass is 31.2. The lowest BCUT2D eigenvalue weighted by Gasteiger charge is -2.07. The van der Waals surface area contributed by atoms with Crippen LogP contribution in [0.4, 0.5) is 0 Å². The molecule has 2 aromatic rings. The molecular formula is C11H13O4P. The molecule has 0 aliphatic rings. The Morgan fingerprint density at radius 3 is 2.88 bits per heavy atom. The van der Waals surface area contributed by atoms with Crippen LogP contribution >= 0.6 is 7.60 Å². The topological polar surface area (TPSA) is 59.7 Å². The largest absolute Gasteiger partial charge is 0.460 e. The molecule has 0 spiro atoms. The molecule has 86 valence electrons. The molecule has 0 radical (unpaired) electrons. The fourth-order valence-electron chi connectivity index (χ4n) is 1.56. The van der Waals surface area contributed by atoms with E-state index in [4.69, 9.17) is 8.94 Å². The molecule has 1 aromatic carbocycles. The Kier molecular flexibility index (Phi) is 3.15. The highest BCUT2D eigenvalue weighted by Crippen LogP contribution is 2.46. The highest BCUT2D eigenvalue weighted by Gasteiger charge is 2.21. The lowest BCUT2D eigenvalue weighted by molar-refractivity contribution is 0.270. The summed E-state index contributed by atoms with van der Waals surface area (Å²) in [7, 11) is -3.56. The van der Waals surface area contributed by atoms with Crippen LogP contribution < -0.4 is 0 Å². The van der Waals surface area contributed by atoms with E-state index in [2.05, 4.69) is 0 Å². The fourth-order valence-corrected chi connectivity index (χ4v) is 2.60. The maximum absolute atomic E-state index is 11.5. The van der Waals surface area contributed by atoms with Crippen molar-refractivity contribution in [3.8, 4) is 0 Å². The summed E-state index contributed by atoms with van der Waals surface area (Å²) in [6, 6.07) is 9.23. The number of hydrogen-bond acceptors (Lipinski definition) is 3. The van der Waals surface area contributed by atoms with Crippen LogP contribution in [-0.2, 0) is 15.3 Å². The summed E-state index contributed by atoms with van der Waals surface area (Å²) in [6.45, 7) is 1.90. The van der Waals surface area contributed by atoms with Gasteiger partial charge in [-0.1, -0.05) is 18.2 Å². The summed E-state index contributed by atoms with van der Waals surface area (Å²) < 4.78 is 21.8. The van der Waals surface area contributed by atoms with Crippen molar-refractivity contribution in [2.75, 3.05) is 6.61 Å². The normalized spacial score (nSPS) is 15.1. The Hall–Kier alpha value is -1.09. The maximum Gasteiger partial charge on any atom is 0.335 e. The van der Waals surface area contributed by atoms with Crippen molar-refractivity contribution in [2.24, 2.45) is 0 Å². The molecule has 0 fully saturated rings. The molecule has 0 aliphatic carbocycles. The number of hydrogen-bond donors (Lipinski definition) is 1. The van der Waals surface area contributed by atoms with E-state index in [9.17, 15) is 9.46 Å². The van der Waals surface area contributed by atoms with E-state index in [-0.39, 0.29) is 12.8 Å². The van der Waals surface area contributed by atoms with Gasteiger partial charge in [-0.15, -0.1) is 0 Å². The number of fused-ring (bicyclic) bond motifs is 1. The summed E-state index contributed by atoms with van der Waals surface area (Å²) in [5, 5.41) is 0.925. The van der Waals surface area contributed by atoms with Gasteiger partial charge in [0.15, 0.2) is 0 Å². The molecule has 1 N–H and O–H groups in total. The Morgan fingerprint density at radius 2 is 2.19 bits per heavy atom. The van der Waals surface area contributed by atoms with E-state index in [0.717, 1.165) is 5.39 Å². The third kappa shape index (κ3) is 2.53. The second kappa shape index (κ2) is 4.42. The Morgan fingerprint density at radius 1 is 1.44 bits per heavy atom. The van der Waals surface area contributed by atoms with E-state index in [1.165, 1.54) is 0 Å². The lowest BCUT2D eigenvalue weighted by atomic mass is 10.2. The Balaban J connectivity index is 2.25. The molecule has 16 heavy (non-hydrogen) atoms. The third-order valence-electron chi connectivity index (χ3n) is 2.16. The summed E-state index contributed by atoms with van der Waals surface area (Å²) >= 11 is 0. The molecule has 4 nitrogen and oxygen atoms in total. The number of benzene rings is 1. The van der Waals surface area contributed by atoms with Crippen LogP contribution in [-0.4, -0.2) is 11.5 Å². The van der Waals surface area contributed by atoms with Crippen molar-refractivity contribution in [3.05, 3.63) is 36.1 Å². The van der Waals surface area contributed by atoms with Crippen LogP contribution in [0.15, 0.2) is 34.7 Å². The van der Waals surface area contributed by atoms with E-state index in [1.807, 2.05) is 24.3 Å². The summed E-state index contributed by atoms with van der Waals surface area (Å²) in [5.74, 6) is 0.473. The maximum atomic E-state index is 11.5. The molecule has 0 saturated carbocycles. The average molecular weight is 240 g/mol. The molecule has 0 amide bonds. The first-order valence-electron chi connectivity index (χ1n) is 5.04. The second-order valence-electron chi connectivity index (χ2n) is 3.46. The van der Waals surface area contributed by atoms with Crippen LogP contribution in [0.5, 0.6) is 0 Å². The standard InChI is InChI=1S/C11H13O4P/c1-2-14-16(12,13)8-10-7-9-5-3-4-6-11(9)15-10/h3-7H,2,8H2,1H3,(H,12,13). The predicted octanol–water partition coefficient (Wildman–Crippen LogP) is 3.15. The van der Waals surface area contributed by atoms with Gasteiger partial charge in [0.1, 0.15) is 17.5 Å². The van der Waals surface area contributed by atoms with Crippen molar-refractivity contribution < 1.29 is 18.4 Å². The van der Waals surface area contributed by atoms with E-state index < -0.39 is 7.60 Å². The van der Waals surface area contributed by atoms with Gasteiger partial charge in [-0.2, -0.15) is 0 Å². The van der Waals surface area contributed by atoms with Gasteiger partial charge in [0.25, 0.3) is 0 Å². The molecule has 0 bridgehead atoms. The molecule has 1 aromatic heterocycles. The van der Waals surface area contributed by atoms with Gasteiger partial charge < -0.3 is 13.8 Å². The third-order valence-corrected chi connectivity index (χ3v) is 3.54. The van der Waals surface area contributed by atoms with Gasteiger partial charge in [0.05, 0.1) is 6.61 Å². The summed E-state index contributed by atoms with van der Waals surface area (Å²) in [6.07, 6.45) is -0.0878. The van der Waals surface area contributed by atoms with Gasteiger partial charge in [-0.3, -0.25) is 4.57 Å². The van der Waals surface area contributed by atoms with E-state index in [1.54, 1.807) is 13.0 Å². The van der Waals surface area contributed by atoms with Crippen molar-refractivity contribution in [1.29, 1.82) is 0 Å². The first-order chi connectivity index (χ1) is 7.61. The van der Waals surface area contributed by atoms with Crippen molar-refractivity contribution in [1.82, 2.24) is 0 Å². The van der Waals surface area contributed by atoms with Crippen molar-refractivity contribution in [2.45, 2.75) is 13.1 Å². The monoisotopic (exact) mass is 240 g/mol. The summed E-state index contributed by atoms with van der Waals surface area (Å²) in [5.41, 5.74) is 0.717. The van der Waals surface area contributed by atoms with Gasteiger partial charge in [-0.05, 0) is 19.1 Å². The predicted molar refractivity (Wildman–Crippen MR) is 61.4 cm³/mol. The van der Waals surface area contributed by atoms with E-state index in [0.29, 0.717) is 11.3 Å². The van der Waals surface area contributed by atoms with Gasteiger partial charge in [0.2, 0.25) is 0 Å². The fraction of sp³-hybridized carbons (Fsp3) is 0.273. The van der Waals surface area contributed by atoms with Crippen LogP contribution in [0.2, 0.25) is 0 Å². The van der Waals surface area contributed by atoms with Gasteiger partial charge >= 0.3 is 7.60 Å². The van der Waals surface area contributed by atoms with Crippen LogP contribution in [0, 0.1) is 0 Å². The molecule has 1 unspecified atom stereocenters. The molecule has 2 rings (SSSR count). The van der Waals surface area contributed by atoms with Crippen LogP contribution in [0.3, 0.4) is 0 Å². The zero-order valence-electron chi connectivity index (χ0n) is 8.92. The Bertz CT molecular complexity index is 499. The van der Waals surface area contributed by atoms with Gasteiger partial charge in [0, 0.05) is 5.39 Å². The number of furan rings is 1. The molecular weight excluding hydrogens is 227 g/mol. The SMILES string of the molecule is CCOP(=O)(O)Cc1cc2ccccc2o1. The molecule has 0 saturated heterocycles. The minimum atomic E-state index is -3.56. The molecule has 1 atom stereocenters. The van der Waals surface area contributed by atoms with Gasteiger partial charge in [-0.25, -0.2) is 0 Å². The highest BCUT2D eigenvalue weighted by molar-refractivity contribution is 7.51. The zero-order valence-corrected chi connectivity index (χ0v) is 9.81. The first kappa shape index (κ1) is 11.4. The van der Waals surface area contributed by atoms with Crippen LogP contribution in [0.25, 0.3) is 11.0 Å². The minimum Gasteiger partial charge on any atom is -0.460 e. The minimum absolute atomic E-state index is 0.0878. The first-order valence-corrected chi connectivity index (χ1v) is 6.81. The molecule has 5 heteroatoms. The number of para-hydroxylation sites is 1. The zero-order chi connectivity index (χ0) is 11.6. The molecule has 1 heterocycles. The number of rotatable bonds is 4. The van der Waals surface area contributed by atoms with Crippen LogP contribution in [0.1, 0.15) is 12.7 Å². The van der Waals surface area contributed by atoms with E-state index >= 15 is 0 Å². The summed E-state index contributed by atoms with van der Waals surface area (Å²) in [4.78, 5) is 9.47. The lowest BCUT2D eigenvalue weighted by Crippen LogP contribution is -1.91. The quantitative estimate of drug-likeness (QED) is 0.834. The smallest absolute Gasteiger partial charge is 0.335 e. The Labute approximate surface area is 93.4 Å². The second-order valence-corrected chi connectivity index (χ2v) is 5.31. The molecule has 0 aliphatic heterocycles. The van der Waals surface area contributed by atoms with Crippen molar-refractivity contribution >= 4 is 18.6 Å². The average Bonchev–Trinajstić information content (AvgIpc) is 2.58.